The van der Waals surface area contributed by atoms with Gasteiger partial charge in [-0.25, -0.2) is 0 Å². The fourth-order valence-corrected chi connectivity index (χ4v) is 2.50. The lowest BCUT2D eigenvalue weighted by atomic mass is 10.2. The summed E-state index contributed by atoms with van der Waals surface area (Å²) >= 11 is 3.54. The van der Waals surface area contributed by atoms with Gasteiger partial charge < -0.3 is 9.64 Å². The van der Waals surface area contributed by atoms with Crippen LogP contribution in [0.25, 0.3) is 0 Å². The highest BCUT2D eigenvalue weighted by Crippen LogP contribution is 2.24. The molecule has 1 aliphatic rings. The standard InChI is InChI=1S/C12H17BrN2O/c1-2-16-12-5-3-4-11(14-12)15-7-6-10(8-13)9-15/h3-5,10H,2,6-9H2,1H3. The van der Waals surface area contributed by atoms with Crippen LogP contribution >= 0.6 is 15.9 Å². The van der Waals surface area contributed by atoms with Gasteiger partial charge in [-0.1, -0.05) is 22.0 Å². The molecule has 0 aromatic carbocycles. The van der Waals surface area contributed by atoms with Crippen molar-refractivity contribution in [2.24, 2.45) is 5.92 Å². The molecule has 16 heavy (non-hydrogen) atoms. The first-order chi connectivity index (χ1) is 7.83. The maximum absolute atomic E-state index is 5.41. The summed E-state index contributed by atoms with van der Waals surface area (Å²) in [6.07, 6.45) is 1.24. The number of ether oxygens (including phenoxy) is 1. The minimum absolute atomic E-state index is 0.667. The van der Waals surface area contributed by atoms with Crippen LogP contribution in [0.1, 0.15) is 13.3 Å². The van der Waals surface area contributed by atoms with Gasteiger partial charge in [0.05, 0.1) is 6.61 Å². The summed E-state index contributed by atoms with van der Waals surface area (Å²) in [5.74, 6) is 2.51. The molecular formula is C12H17BrN2O. The molecule has 1 atom stereocenters. The van der Waals surface area contributed by atoms with Crippen LogP contribution in [0.3, 0.4) is 0 Å². The normalized spacial score (nSPS) is 20.1. The Hall–Kier alpha value is -0.770. The molecule has 88 valence electrons. The topological polar surface area (TPSA) is 25.4 Å². The number of hydrogen-bond donors (Lipinski definition) is 0. The number of hydrogen-bond acceptors (Lipinski definition) is 3. The molecule has 1 fully saturated rings. The van der Waals surface area contributed by atoms with Crippen LogP contribution in [0.2, 0.25) is 0 Å². The number of aromatic nitrogens is 1. The minimum Gasteiger partial charge on any atom is -0.478 e. The van der Waals surface area contributed by atoms with Crippen LogP contribution < -0.4 is 9.64 Å². The van der Waals surface area contributed by atoms with E-state index in [9.17, 15) is 0 Å². The van der Waals surface area contributed by atoms with Gasteiger partial charge in [-0.15, -0.1) is 0 Å². The zero-order chi connectivity index (χ0) is 11.4. The SMILES string of the molecule is CCOc1cccc(N2CCC(CBr)C2)n1. The van der Waals surface area contributed by atoms with Gasteiger partial charge in [0.1, 0.15) is 5.82 Å². The summed E-state index contributed by atoms with van der Waals surface area (Å²) in [6, 6.07) is 5.97. The van der Waals surface area contributed by atoms with E-state index in [1.807, 2.05) is 19.1 Å². The quantitative estimate of drug-likeness (QED) is 0.795. The molecule has 1 unspecified atom stereocenters. The van der Waals surface area contributed by atoms with Crippen molar-refractivity contribution in [1.29, 1.82) is 0 Å². The van der Waals surface area contributed by atoms with Crippen LogP contribution in [0, 0.1) is 5.92 Å². The van der Waals surface area contributed by atoms with E-state index >= 15 is 0 Å². The van der Waals surface area contributed by atoms with Crippen LogP contribution in [-0.2, 0) is 0 Å². The lowest BCUT2D eigenvalue weighted by molar-refractivity contribution is 0.327. The van der Waals surface area contributed by atoms with Crippen LogP contribution in [0.4, 0.5) is 5.82 Å². The summed E-state index contributed by atoms with van der Waals surface area (Å²) in [5.41, 5.74) is 0. The van der Waals surface area contributed by atoms with Crippen LogP contribution in [0.15, 0.2) is 18.2 Å². The third-order valence-electron chi connectivity index (χ3n) is 2.83. The highest BCUT2D eigenvalue weighted by Gasteiger charge is 2.22. The summed E-state index contributed by atoms with van der Waals surface area (Å²) in [4.78, 5) is 6.83. The van der Waals surface area contributed by atoms with Crippen molar-refractivity contribution in [1.82, 2.24) is 4.98 Å². The van der Waals surface area contributed by atoms with E-state index in [1.54, 1.807) is 0 Å². The highest BCUT2D eigenvalue weighted by atomic mass is 79.9. The highest BCUT2D eigenvalue weighted by molar-refractivity contribution is 9.09. The van der Waals surface area contributed by atoms with E-state index in [0.717, 1.165) is 36.0 Å². The Balaban J connectivity index is 2.06. The Morgan fingerprint density at radius 1 is 1.56 bits per heavy atom. The molecule has 0 N–H and O–H groups in total. The van der Waals surface area contributed by atoms with Crippen molar-refractivity contribution in [2.45, 2.75) is 13.3 Å². The smallest absolute Gasteiger partial charge is 0.215 e. The number of rotatable bonds is 4. The van der Waals surface area contributed by atoms with Crippen molar-refractivity contribution in [3.8, 4) is 5.88 Å². The third-order valence-corrected chi connectivity index (χ3v) is 3.74. The second-order valence-electron chi connectivity index (χ2n) is 4.02. The van der Waals surface area contributed by atoms with Gasteiger partial charge in [-0.2, -0.15) is 4.98 Å². The predicted molar refractivity (Wildman–Crippen MR) is 69.5 cm³/mol. The van der Waals surface area contributed by atoms with E-state index in [0.29, 0.717) is 6.61 Å². The molecular weight excluding hydrogens is 268 g/mol. The second-order valence-corrected chi connectivity index (χ2v) is 4.67. The molecule has 2 rings (SSSR count). The molecule has 0 spiro atoms. The molecule has 1 aliphatic heterocycles. The summed E-state index contributed by atoms with van der Waals surface area (Å²) < 4.78 is 5.41. The first-order valence-electron chi connectivity index (χ1n) is 5.74. The number of nitrogens with zero attached hydrogens (tertiary/aromatic N) is 2. The van der Waals surface area contributed by atoms with Crippen LogP contribution in [0.5, 0.6) is 5.88 Å². The largest absolute Gasteiger partial charge is 0.478 e. The van der Waals surface area contributed by atoms with Crippen LogP contribution in [-0.4, -0.2) is 30.0 Å². The second kappa shape index (κ2) is 5.53. The molecule has 2 heterocycles. The van der Waals surface area contributed by atoms with Gasteiger partial charge in [0.25, 0.3) is 0 Å². The fraction of sp³-hybridized carbons (Fsp3) is 0.583. The van der Waals surface area contributed by atoms with Crippen molar-refractivity contribution in [3.63, 3.8) is 0 Å². The number of pyridine rings is 1. The average molecular weight is 285 g/mol. The molecule has 1 aromatic heterocycles. The number of halogens is 1. The van der Waals surface area contributed by atoms with Gasteiger partial charge in [-0.3, -0.25) is 0 Å². The number of anilines is 1. The Morgan fingerprint density at radius 3 is 3.12 bits per heavy atom. The van der Waals surface area contributed by atoms with E-state index in [2.05, 4.69) is 31.9 Å². The summed E-state index contributed by atoms with van der Waals surface area (Å²) in [7, 11) is 0. The predicted octanol–water partition coefficient (Wildman–Crippen LogP) is 2.70. The molecule has 0 bridgehead atoms. The maximum Gasteiger partial charge on any atom is 0.215 e. The van der Waals surface area contributed by atoms with Crippen molar-refractivity contribution in [2.75, 3.05) is 29.9 Å². The molecule has 0 radical (unpaired) electrons. The molecule has 0 aliphatic carbocycles. The lowest BCUT2D eigenvalue weighted by Gasteiger charge is -2.17. The average Bonchev–Trinajstić information content (AvgIpc) is 2.78. The maximum atomic E-state index is 5.41. The van der Waals surface area contributed by atoms with Crippen molar-refractivity contribution in [3.05, 3.63) is 18.2 Å². The van der Waals surface area contributed by atoms with E-state index < -0.39 is 0 Å². The number of alkyl halides is 1. The monoisotopic (exact) mass is 284 g/mol. The Bertz CT molecular complexity index is 346. The lowest BCUT2D eigenvalue weighted by Crippen LogP contribution is -2.21. The third kappa shape index (κ3) is 2.67. The van der Waals surface area contributed by atoms with E-state index in [1.165, 1.54) is 6.42 Å². The van der Waals surface area contributed by atoms with E-state index in [-0.39, 0.29) is 0 Å². The summed E-state index contributed by atoms with van der Waals surface area (Å²) in [5, 5.41) is 1.08. The van der Waals surface area contributed by atoms with Gasteiger partial charge in [0, 0.05) is 24.5 Å². The first kappa shape index (κ1) is 11.7. The molecule has 1 saturated heterocycles. The van der Waals surface area contributed by atoms with Crippen molar-refractivity contribution < 1.29 is 4.74 Å². The molecule has 0 amide bonds. The Morgan fingerprint density at radius 2 is 2.44 bits per heavy atom. The van der Waals surface area contributed by atoms with Gasteiger partial charge in [0.2, 0.25) is 5.88 Å². The zero-order valence-corrected chi connectivity index (χ0v) is 11.1. The first-order valence-corrected chi connectivity index (χ1v) is 6.86. The van der Waals surface area contributed by atoms with E-state index in [4.69, 9.17) is 4.74 Å². The molecule has 3 nitrogen and oxygen atoms in total. The van der Waals surface area contributed by atoms with Gasteiger partial charge in [-0.05, 0) is 25.3 Å². The Labute approximate surface area is 105 Å². The zero-order valence-electron chi connectivity index (χ0n) is 9.53. The van der Waals surface area contributed by atoms with Crippen molar-refractivity contribution >= 4 is 21.7 Å². The molecule has 0 saturated carbocycles. The minimum atomic E-state index is 0.667. The Kier molecular flexibility index (Phi) is 4.04. The molecule has 4 heteroatoms. The summed E-state index contributed by atoms with van der Waals surface area (Å²) in [6.45, 7) is 4.83. The van der Waals surface area contributed by atoms with Gasteiger partial charge in [0.15, 0.2) is 0 Å². The fourth-order valence-electron chi connectivity index (χ4n) is 1.98. The van der Waals surface area contributed by atoms with Gasteiger partial charge >= 0.3 is 0 Å². The molecule has 1 aromatic rings.